The summed E-state index contributed by atoms with van der Waals surface area (Å²) in [6.45, 7) is 7.86. The fourth-order valence-corrected chi connectivity index (χ4v) is 8.76. The summed E-state index contributed by atoms with van der Waals surface area (Å²) in [5.74, 6) is -0.391. The third-order valence-corrected chi connectivity index (χ3v) is 13.2. The van der Waals surface area contributed by atoms with E-state index in [1.54, 1.807) is 0 Å². The quantitative estimate of drug-likeness (QED) is 0.0345. The Morgan fingerprint density at radius 2 is 0.636 bits per heavy atom. The van der Waals surface area contributed by atoms with E-state index in [0.717, 1.165) is 57.8 Å². The van der Waals surface area contributed by atoms with Gasteiger partial charge in [0.05, 0.1) is 6.61 Å². The lowest BCUT2D eigenvalue weighted by Gasteiger charge is -2.18. The van der Waals surface area contributed by atoms with Crippen molar-refractivity contribution >= 4 is 11.9 Å². The molecule has 0 aromatic carbocycles. The summed E-state index contributed by atoms with van der Waals surface area (Å²) in [5.41, 5.74) is 0. The average Bonchev–Trinajstić information content (AvgIpc) is 3.32. The highest BCUT2D eigenvalue weighted by Gasteiger charge is 2.17. The second-order valence-electron chi connectivity index (χ2n) is 19.9. The summed E-state index contributed by atoms with van der Waals surface area (Å²) in [4.78, 5) is 25.5. The molecular formula is C61H114O5. The van der Waals surface area contributed by atoms with Gasteiger partial charge in [-0.3, -0.25) is 9.59 Å². The number of hydrogen-bond acceptors (Lipinski definition) is 5. The van der Waals surface area contributed by atoms with E-state index in [4.69, 9.17) is 14.2 Å². The zero-order valence-electron chi connectivity index (χ0n) is 44.7. The molecule has 388 valence electrons. The van der Waals surface area contributed by atoms with Crippen LogP contribution in [0.25, 0.3) is 0 Å². The van der Waals surface area contributed by atoms with Gasteiger partial charge in [0, 0.05) is 19.4 Å². The van der Waals surface area contributed by atoms with E-state index in [1.807, 2.05) is 0 Å². The lowest BCUT2D eigenvalue weighted by molar-refractivity contribution is -0.163. The molecule has 0 rings (SSSR count). The largest absolute Gasteiger partial charge is 0.462 e. The number of unbranched alkanes of at least 4 members (excludes halogenated alkanes) is 38. The molecule has 5 heteroatoms. The van der Waals surface area contributed by atoms with Crippen LogP contribution in [0.1, 0.15) is 316 Å². The molecule has 0 aliphatic heterocycles. The standard InChI is InChI=1S/C61H114O5/c1-4-7-10-13-16-19-22-25-27-29-31-32-34-37-39-42-45-48-51-54-60(62)65-58-59(66-61(63)55-52-49-46-43-40-36-24-21-18-15-12-9-6-3)57-64-56-53-50-47-44-41-38-35-33-30-28-26-23-20-17-14-11-8-5-2/h16,19,25,27,31-32,59H,4-15,17-18,20-24,26,28-30,33-58H2,1-3H3/b19-16-,27-25-,32-31-. The van der Waals surface area contributed by atoms with E-state index < -0.39 is 6.10 Å². The number of ether oxygens (including phenoxy) is 3. The smallest absolute Gasteiger partial charge is 0.306 e. The Morgan fingerprint density at radius 3 is 1.05 bits per heavy atom. The molecule has 0 aliphatic carbocycles. The zero-order chi connectivity index (χ0) is 47.7. The SMILES string of the molecule is CCCCC/C=C\C/C=C\C/C=C\CCCCCCCCC(=O)OCC(COCCCCCCCCCCCCCCCCCCCC)OC(=O)CCCCCCCCCCCCCCC. The van der Waals surface area contributed by atoms with Crippen molar-refractivity contribution in [2.24, 2.45) is 0 Å². The molecule has 0 saturated heterocycles. The maximum atomic E-state index is 12.8. The molecule has 0 N–H and O–H groups in total. The molecular weight excluding hydrogens is 813 g/mol. The minimum Gasteiger partial charge on any atom is -0.462 e. The molecule has 1 unspecified atom stereocenters. The molecule has 5 nitrogen and oxygen atoms in total. The summed E-state index contributed by atoms with van der Waals surface area (Å²) in [6.07, 6.45) is 70.2. The Bertz CT molecular complexity index is 1050. The van der Waals surface area contributed by atoms with Gasteiger partial charge in [-0.15, -0.1) is 0 Å². The van der Waals surface area contributed by atoms with E-state index in [0.29, 0.717) is 26.1 Å². The Labute approximate surface area is 412 Å². The maximum Gasteiger partial charge on any atom is 0.306 e. The Hall–Kier alpha value is -1.88. The van der Waals surface area contributed by atoms with Crippen molar-refractivity contribution < 1.29 is 23.8 Å². The fourth-order valence-electron chi connectivity index (χ4n) is 8.76. The first-order chi connectivity index (χ1) is 32.6. The van der Waals surface area contributed by atoms with Crippen molar-refractivity contribution in [2.75, 3.05) is 19.8 Å². The highest BCUT2D eigenvalue weighted by molar-refractivity contribution is 5.70. The van der Waals surface area contributed by atoms with Crippen LogP contribution in [0.3, 0.4) is 0 Å². The van der Waals surface area contributed by atoms with E-state index in [9.17, 15) is 9.59 Å². The van der Waals surface area contributed by atoms with Crippen molar-refractivity contribution in [3.63, 3.8) is 0 Å². The molecule has 0 aromatic rings. The maximum absolute atomic E-state index is 12.8. The lowest BCUT2D eigenvalue weighted by atomic mass is 10.0. The molecule has 0 aliphatic rings. The third-order valence-electron chi connectivity index (χ3n) is 13.2. The molecule has 0 amide bonds. The number of carbonyl (C=O) groups is 2. The first-order valence-corrected chi connectivity index (χ1v) is 29.5. The van der Waals surface area contributed by atoms with Gasteiger partial charge >= 0.3 is 11.9 Å². The summed E-state index contributed by atoms with van der Waals surface area (Å²) in [6, 6.07) is 0. The number of carbonyl (C=O) groups excluding carboxylic acids is 2. The van der Waals surface area contributed by atoms with Gasteiger partial charge < -0.3 is 14.2 Å². The number of hydrogen-bond donors (Lipinski definition) is 0. The van der Waals surface area contributed by atoms with E-state index in [2.05, 4.69) is 57.2 Å². The molecule has 66 heavy (non-hydrogen) atoms. The molecule has 0 bridgehead atoms. The van der Waals surface area contributed by atoms with Gasteiger partial charge in [-0.1, -0.05) is 282 Å². The normalized spacial score (nSPS) is 12.3. The van der Waals surface area contributed by atoms with Crippen molar-refractivity contribution in [2.45, 2.75) is 322 Å². The first-order valence-electron chi connectivity index (χ1n) is 29.5. The zero-order valence-corrected chi connectivity index (χ0v) is 44.7. The van der Waals surface area contributed by atoms with Crippen LogP contribution in [0.4, 0.5) is 0 Å². The van der Waals surface area contributed by atoms with Crippen LogP contribution < -0.4 is 0 Å². The lowest BCUT2D eigenvalue weighted by Crippen LogP contribution is -2.30. The van der Waals surface area contributed by atoms with E-state index in [-0.39, 0.29) is 18.5 Å². The summed E-state index contributed by atoms with van der Waals surface area (Å²) < 4.78 is 17.5. The van der Waals surface area contributed by atoms with Crippen LogP contribution >= 0.6 is 0 Å². The van der Waals surface area contributed by atoms with Crippen molar-refractivity contribution in [3.8, 4) is 0 Å². The van der Waals surface area contributed by atoms with Crippen LogP contribution in [-0.2, 0) is 23.8 Å². The van der Waals surface area contributed by atoms with Crippen LogP contribution in [0.5, 0.6) is 0 Å². The predicted molar refractivity (Wildman–Crippen MR) is 288 cm³/mol. The van der Waals surface area contributed by atoms with E-state index >= 15 is 0 Å². The highest BCUT2D eigenvalue weighted by atomic mass is 16.6. The molecule has 0 spiro atoms. The van der Waals surface area contributed by atoms with Crippen molar-refractivity contribution in [1.82, 2.24) is 0 Å². The average molecular weight is 928 g/mol. The third kappa shape index (κ3) is 54.7. The number of allylic oxidation sites excluding steroid dienone is 6. The Kier molecular flexibility index (Phi) is 55.8. The van der Waals surface area contributed by atoms with Gasteiger partial charge in [0.2, 0.25) is 0 Å². The Morgan fingerprint density at radius 1 is 0.333 bits per heavy atom. The van der Waals surface area contributed by atoms with Crippen LogP contribution in [0, 0.1) is 0 Å². The first kappa shape index (κ1) is 64.1. The fraction of sp³-hybridized carbons (Fsp3) is 0.869. The van der Waals surface area contributed by atoms with Gasteiger partial charge in [-0.2, -0.15) is 0 Å². The summed E-state index contributed by atoms with van der Waals surface area (Å²) >= 11 is 0. The van der Waals surface area contributed by atoms with Crippen LogP contribution in [-0.4, -0.2) is 37.9 Å². The van der Waals surface area contributed by atoms with Crippen molar-refractivity contribution in [3.05, 3.63) is 36.5 Å². The monoisotopic (exact) mass is 927 g/mol. The van der Waals surface area contributed by atoms with E-state index in [1.165, 1.54) is 225 Å². The topological polar surface area (TPSA) is 61.8 Å². The number of rotatable bonds is 55. The molecule has 1 atom stereocenters. The molecule has 0 fully saturated rings. The second kappa shape index (κ2) is 57.4. The molecule has 0 heterocycles. The summed E-state index contributed by atoms with van der Waals surface area (Å²) in [7, 11) is 0. The predicted octanol–water partition coefficient (Wildman–Crippen LogP) is 20.1. The van der Waals surface area contributed by atoms with Crippen LogP contribution in [0.2, 0.25) is 0 Å². The minimum absolute atomic E-state index is 0.0851. The van der Waals surface area contributed by atoms with Gasteiger partial charge in [-0.05, 0) is 57.8 Å². The Balaban J connectivity index is 4.22. The second-order valence-corrected chi connectivity index (χ2v) is 19.9. The van der Waals surface area contributed by atoms with Gasteiger partial charge in [0.15, 0.2) is 6.10 Å². The molecule has 0 aromatic heterocycles. The van der Waals surface area contributed by atoms with Crippen molar-refractivity contribution in [1.29, 1.82) is 0 Å². The van der Waals surface area contributed by atoms with Gasteiger partial charge in [0.25, 0.3) is 0 Å². The summed E-state index contributed by atoms with van der Waals surface area (Å²) in [5, 5.41) is 0. The minimum atomic E-state index is -0.536. The van der Waals surface area contributed by atoms with Crippen LogP contribution in [0.15, 0.2) is 36.5 Å². The molecule has 0 radical (unpaired) electrons. The highest BCUT2D eigenvalue weighted by Crippen LogP contribution is 2.17. The number of esters is 2. The molecule has 0 saturated carbocycles. The van der Waals surface area contributed by atoms with Gasteiger partial charge in [0.1, 0.15) is 6.61 Å². The van der Waals surface area contributed by atoms with Gasteiger partial charge in [-0.25, -0.2) is 0 Å².